The van der Waals surface area contributed by atoms with E-state index in [4.69, 9.17) is 0 Å². The van der Waals surface area contributed by atoms with Crippen LogP contribution in [-0.4, -0.2) is 48.6 Å². The standard InChI is InChI=1S/C20H29NO3S2/c1-15-8-9-16(2)19(12-15)25-13-20(22)21(17-6-4-3-5-7-17)18-10-11-26(23,24)14-18/h8-9,12,17-18H,3-7,10-11,13-14H2,1-2H3. The summed E-state index contributed by atoms with van der Waals surface area (Å²) in [7, 11) is -2.99. The lowest BCUT2D eigenvalue weighted by Crippen LogP contribution is -2.49. The zero-order valence-electron chi connectivity index (χ0n) is 15.7. The van der Waals surface area contributed by atoms with Gasteiger partial charge in [-0.2, -0.15) is 0 Å². The molecule has 1 aromatic carbocycles. The predicted molar refractivity (Wildman–Crippen MR) is 107 cm³/mol. The summed E-state index contributed by atoms with van der Waals surface area (Å²) in [6.45, 7) is 4.12. The quantitative estimate of drug-likeness (QED) is 0.713. The summed E-state index contributed by atoms with van der Waals surface area (Å²) >= 11 is 1.58. The third-order valence-corrected chi connectivity index (χ3v) is 8.45. The Balaban J connectivity index is 1.73. The van der Waals surface area contributed by atoms with Crippen molar-refractivity contribution in [2.45, 2.75) is 69.4 Å². The zero-order valence-corrected chi connectivity index (χ0v) is 17.4. The monoisotopic (exact) mass is 395 g/mol. The number of hydrogen-bond donors (Lipinski definition) is 0. The molecule has 1 saturated carbocycles. The maximum atomic E-state index is 13.1. The van der Waals surface area contributed by atoms with Crippen molar-refractivity contribution in [1.82, 2.24) is 4.90 Å². The maximum Gasteiger partial charge on any atom is 0.233 e. The molecule has 1 aliphatic heterocycles. The van der Waals surface area contributed by atoms with Gasteiger partial charge in [0.25, 0.3) is 0 Å². The minimum absolute atomic E-state index is 0.102. The fraction of sp³-hybridized carbons (Fsp3) is 0.650. The Morgan fingerprint density at radius 3 is 2.50 bits per heavy atom. The number of thioether (sulfide) groups is 1. The number of carbonyl (C=O) groups excluding carboxylic acids is 1. The van der Waals surface area contributed by atoms with Crippen LogP contribution in [0, 0.1) is 13.8 Å². The van der Waals surface area contributed by atoms with Gasteiger partial charge in [-0.25, -0.2) is 8.42 Å². The maximum absolute atomic E-state index is 13.1. The molecular weight excluding hydrogens is 366 g/mol. The van der Waals surface area contributed by atoms with Gasteiger partial charge in [0.15, 0.2) is 9.84 Å². The van der Waals surface area contributed by atoms with Crippen LogP contribution in [0.25, 0.3) is 0 Å². The van der Waals surface area contributed by atoms with Gasteiger partial charge in [0.05, 0.1) is 17.3 Å². The van der Waals surface area contributed by atoms with Crippen LogP contribution < -0.4 is 0 Å². The number of benzene rings is 1. The summed E-state index contributed by atoms with van der Waals surface area (Å²) in [4.78, 5) is 16.2. The first-order chi connectivity index (χ1) is 12.4. The second-order valence-electron chi connectivity index (χ2n) is 7.71. The Kier molecular flexibility index (Phi) is 6.33. The highest BCUT2D eigenvalue weighted by molar-refractivity contribution is 8.00. The molecule has 1 unspecified atom stereocenters. The van der Waals surface area contributed by atoms with Crippen LogP contribution in [0.1, 0.15) is 49.7 Å². The summed E-state index contributed by atoms with van der Waals surface area (Å²) < 4.78 is 23.9. The van der Waals surface area contributed by atoms with E-state index in [9.17, 15) is 13.2 Å². The fourth-order valence-corrected chi connectivity index (χ4v) is 6.84. The van der Waals surface area contributed by atoms with Crippen molar-refractivity contribution in [2.24, 2.45) is 0 Å². The summed E-state index contributed by atoms with van der Waals surface area (Å²) in [5.74, 6) is 0.851. The highest BCUT2D eigenvalue weighted by Gasteiger charge is 2.38. The van der Waals surface area contributed by atoms with E-state index in [1.165, 1.54) is 17.5 Å². The smallest absolute Gasteiger partial charge is 0.233 e. The summed E-state index contributed by atoms with van der Waals surface area (Å²) in [5.41, 5.74) is 2.37. The Hall–Kier alpha value is -1.01. The van der Waals surface area contributed by atoms with Crippen molar-refractivity contribution >= 4 is 27.5 Å². The molecule has 0 bridgehead atoms. The van der Waals surface area contributed by atoms with Crippen molar-refractivity contribution in [3.8, 4) is 0 Å². The van der Waals surface area contributed by atoms with E-state index in [0.29, 0.717) is 12.2 Å². The Labute approximate surface area is 161 Å². The van der Waals surface area contributed by atoms with Crippen molar-refractivity contribution in [1.29, 1.82) is 0 Å². The third kappa shape index (κ3) is 4.83. The van der Waals surface area contributed by atoms with Crippen molar-refractivity contribution in [3.63, 3.8) is 0 Å². The van der Waals surface area contributed by atoms with Gasteiger partial charge in [0, 0.05) is 17.0 Å². The lowest BCUT2D eigenvalue weighted by Gasteiger charge is -2.38. The molecular formula is C20H29NO3S2. The number of rotatable bonds is 5. The molecule has 2 fully saturated rings. The van der Waals surface area contributed by atoms with Gasteiger partial charge in [0.1, 0.15) is 0 Å². The van der Waals surface area contributed by atoms with Crippen LogP contribution >= 0.6 is 11.8 Å². The normalized spacial score (nSPS) is 23.1. The molecule has 6 heteroatoms. The minimum atomic E-state index is -2.99. The Morgan fingerprint density at radius 1 is 1.12 bits per heavy atom. The van der Waals surface area contributed by atoms with Crippen LogP contribution in [0.3, 0.4) is 0 Å². The molecule has 1 saturated heterocycles. The van der Waals surface area contributed by atoms with E-state index in [0.717, 1.165) is 30.6 Å². The largest absolute Gasteiger partial charge is 0.335 e. The van der Waals surface area contributed by atoms with Gasteiger partial charge in [-0.3, -0.25) is 4.79 Å². The van der Waals surface area contributed by atoms with Crippen molar-refractivity contribution in [3.05, 3.63) is 29.3 Å². The second kappa shape index (κ2) is 8.34. The van der Waals surface area contributed by atoms with Gasteiger partial charge < -0.3 is 4.90 Å². The number of amides is 1. The predicted octanol–water partition coefficient (Wildman–Crippen LogP) is 3.74. The highest BCUT2D eigenvalue weighted by atomic mass is 32.2. The van der Waals surface area contributed by atoms with E-state index in [1.807, 2.05) is 4.90 Å². The van der Waals surface area contributed by atoms with E-state index >= 15 is 0 Å². The van der Waals surface area contributed by atoms with Crippen LogP contribution in [0.2, 0.25) is 0 Å². The van der Waals surface area contributed by atoms with Gasteiger partial charge in [-0.1, -0.05) is 37.0 Å². The first-order valence-corrected chi connectivity index (χ1v) is 12.4. The average molecular weight is 396 g/mol. The van der Waals surface area contributed by atoms with Crippen LogP contribution in [0.5, 0.6) is 0 Å². The number of sulfone groups is 1. The number of hydrogen-bond acceptors (Lipinski definition) is 4. The Bertz CT molecular complexity index is 754. The molecule has 0 N–H and O–H groups in total. The average Bonchev–Trinajstić information content (AvgIpc) is 2.96. The third-order valence-electron chi connectivity index (χ3n) is 5.55. The number of aryl methyl sites for hydroxylation is 2. The summed E-state index contributed by atoms with van der Waals surface area (Å²) in [6.07, 6.45) is 6.11. The van der Waals surface area contributed by atoms with Crippen LogP contribution in [0.15, 0.2) is 23.1 Å². The molecule has 144 valence electrons. The molecule has 1 aromatic rings. The topological polar surface area (TPSA) is 54.5 Å². The van der Waals surface area contributed by atoms with E-state index in [-0.39, 0.29) is 29.5 Å². The lowest BCUT2D eigenvalue weighted by atomic mass is 9.93. The van der Waals surface area contributed by atoms with Gasteiger partial charge in [0.2, 0.25) is 5.91 Å². The second-order valence-corrected chi connectivity index (χ2v) is 11.0. The molecule has 3 rings (SSSR count). The highest BCUT2D eigenvalue weighted by Crippen LogP contribution is 2.30. The first kappa shape index (κ1) is 19.7. The summed E-state index contributed by atoms with van der Waals surface area (Å²) in [5, 5.41) is 0. The minimum Gasteiger partial charge on any atom is -0.335 e. The molecule has 1 amide bonds. The first-order valence-electron chi connectivity index (χ1n) is 9.57. The molecule has 0 radical (unpaired) electrons. The summed E-state index contributed by atoms with van der Waals surface area (Å²) in [6, 6.07) is 6.38. The molecule has 1 atom stereocenters. The lowest BCUT2D eigenvalue weighted by molar-refractivity contribution is -0.133. The van der Waals surface area contributed by atoms with Crippen LogP contribution in [0.4, 0.5) is 0 Å². The van der Waals surface area contributed by atoms with Crippen LogP contribution in [-0.2, 0) is 14.6 Å². The van der Waals surface area contributed by atoms with E-state index in [2.05, 4.69) is 32.0 Å². The molecule has 26 heavy (non-hydrogen) atoms. The number of nitrogens with zero attached hydrogens (tertiary/aromatic N) is 1. The van der Waals surface area contributed by atoms with E-state index < -0.39 is 9.84 Å². The molecule has 0 aromatic heterocycles. The van der Waals surface area contributed by atoms with Crippen molar-refractivity contribution < 1.29 is 13.2 Å². The molecule has 1 heterocycles. The molecule has 2 aliphatic rings. The SMILES string of the molecule is Cc1ccc(C)c(SCC(=O)N(C2CCCCC2)C2CCS(=O)(=O)C2)c1. The van der Waals surface area contributed by atoms with E-state index in [1.54, 1.807) is 11.8 Å². The molecule has 1 aliphatic carbocycles. The number of carbonyl (C=O) groups is 1. The van der Waals surface area contributed by atoms with Crippen molar-refractivity contribution in [2.75, 3.05) is 17.3 Å². The fourth-order valence-electron chi connectivity index (χ4n) is 4.14. The van der Waals surface area contributed by atoms with Gasteiger partial charge >= 0.3 is 0 Å². The zero-order chi connectivity index (χ0) is 18.7. The van der Waals surface area contributed by atoms with Gasteiger partial charge in [-0.05, 0) is 44.7 Å². The Morgan fingerprint density at radius 2 is 1.85 bits per heavy atom. The molecule has 0 spiro atoms. The molecule has 4 nitrogen and oxygen atoms in total. The van der Waals surface area contributed by atoms with Gasteiger partial charge in [-0.15, -0.1) is 11.8 Å².